The maximum atomic E-state index is 13.0. The molecule has 0 aliphatic heterocycles. The molecule has 3 rings (SSSR count). The predicted molar refractivity (Wildman–Crippen MR) is 97.3 cm³/mol. The quantitative estimate of drug-likeness (QED) is 0.464. The number of hydrogen-bond acceptors (Lipinski definition) is 4. The van der Waals surface area contributed by atoms with Crippen molar-refractivity contribution in [1.82, 2.24) is 4.57 Å². The molecule has 3 aromatic rings. The Balaban J connectivity index is 1.64. The van der Waals surface area contributed by atoms with Crippen LogP contribution in [0.2, 0.25) is 0 Å². The average molecular weight is 369 g/mol. The van der Waals surface area contributed by atoms with E-state index in [4.69, 9.17) is 9.15 Å². The van der Waals surface area contributed by atoms with Gasteiger partial charge in [-0.15, -0.1) is 0 Å². The molecule has 0 spiro atoms. The van der Waals surface area contributed by atoms with Crippen LogP contribution in [0.1, 0.15) is 37.9 Å². The standard InChI is InChI=1S/C21H20FNO4/c1-14-12-18(19(24)13-27-21(25)20-4-3-11-26-20)15(2)23(14)10-9-16-5-7-17(22)8-6-16/h3-8,11-12H,9-10,13H2,1-2H3. The van der Waals surface area contributed by atoms with Crippen LogP contribution < -0.4 is 0 Å². The van der Waals surface area contributed by atoms with Crippen molar-refractivity contribution < 1.29 is 23.1 Å². The first-order chi connectivity index (χ1) is 13.0. The Kier molecular flexibility index (Phi) is 5.54. The SMILES string of the molecule is Cc1cc(C(=O)COC(=O)c2ccco2)c(C)n1CCc1ccc(F)cc1. The first-order valence-corrected chi connectivity index (χ1v) is 8.60. The molecule has 5 nitrogen and oxygen atoms in total. The highest BCUT2D eigenvalue weighted by Gasteiger charge is 2.18. The molecule has 0 amide bonds. The van der Waals surface area contributed by atoms with Crippen LogP contribution in [-0.2, 0) is 17.7 Å². The summed E-state index contributed by atoms with van der Waals surface area (Å²) in [7, 11) is 0. The number of aryl methyl sites for hydroxylation is 2. The number of benzene rings is 1. The van der Waals surface area contributed by atoms with Crippen molar-refractivity contribution in [2.75, 3.05) is 6.61 Å². The molecule has 6 heteroatoms. The van der Waals surface area contributed by atoms with Gasteiger partial charge in [0.2, 0.25) is 11.5 Å². The van der Waals surface area contributed by atoms with Crippen LogP contribution in [-0.4, -0.2) is 22.9 Å². The summed E-state index contributed by atoms with van der Waals surface area (Å²) in [5.41, 5.74) is 3.30. The molecule has 0 radical (unpaired) electrons. The fraction of sp³-hybridized carbons (Fsp3) is 0.238. The van der Waals surface area contributed by atoms with Gasteiger partial charge in [-0.2, -0.15) is 0 Å². The van der Waals surface area contributed by atoms with Crippen LogP contribution in [0.15, 0.2) is 53.1 Å². The van der Waals surface area contributed by atoms with Crippen molar-refractivity contribution in [3.63, 3.8) is 0 Å². The number of carbonyl (C=O) groups excluding carboxylic acids is 2. The minimum Gasteiger partial charge on any atom is -0.457 e. The number of halogens is 1. The van der Waals surface area contributed by atoms with E-state index in [2.05, 4.69) is 0 Å². The summed E-state index contributed by atoms with van der Waals surface area (Å²) < 4.78 is 25.0. The lowest BCUT2D eigenvalue weighted by atomic mass is 10.1. The van der Waals surface area contributed by atoms with Crippen LogP contribution in [0, 0.1) is 19.7 Å². The van der Waals surface area contributed by atoms with Crippen molar-refractivity contribution in [3.05, 3.63) is 82.8 Å². The van der Waals surface area contributed by atoms with Crippen molar-refractivity contribution in [2.24, 2.45) is 0 Å². The first kappa shape index (κ1) is 18.6. The van der Waals surface area contributed by atoms with Crippen LogP contribution >= 0.6 is 0 Å². The van der Waals surface area contributed by atoms with Crippen molar-refractivity contribution in [2.45, 2.75) is 26.8 Å². The average Bonchev–Trinajstić information content (AvgIpc) is 3.28. The van der Waals surface area contributed by atoms with Gasteiger partial charge >= 0.3 is 5.97 Å². The molecule has 0 bridgehead atoms. The molecule has 0 saturated heterocycles. The fourth-order valence-corrected chi connectivity index (χ4v) is 2.99. The summed E-state index contributed by atoms with van der Waals surface area (Å²) in [5.74, 6) is -1.13. The minimum atomic E-state index is -0.668. The molecule has 0 fully saturated rings. The number of rotatable bonds is 7. The predicted octanol–water partition coefficient (Wildman–Crippen LogP) is 4.12. The summed E-state index contributed by atoms with van der Waals surface area (Å²) in [6, 6.07) is 11.2. The number of aromatic nitrogens is 1. The number of esters is 1. The van der Waals surface area contributed by atoms with Crippen LogP contribution in [0.3, 0.4) is 0 Å². The zero-order valence-corrected chi connectivity index (χ0v) is 15.2. The third kappa shape index (κ3) is 4.34. The van der Waals surface area contributed by atoms with E-state index in [-0.39, 0.29) is 24.0 Å². The largest absolute Gasteiger partial charge is 0.457 e. The van der Waals surface area contributed by atoms with Gasteiger partial charge in [0.1, 0.15) is 5.82 Å². The molecular formula is C21H20FNO4. The lowest BCUT2D eigenvalue weighted by Crippen LogP contribution is -2.15. The van der Waals surface area contributed by atoms with Gasteiger partial charge in [-0.05, 0) is 56.2 Å². The Morgan fingerprint density at radius 1 is 1.15 bits per heavy atom. The van der Waals surface area contributed by atoms with Gasteiger partial charge in [0.25, 0.3) is 0 Å². The molecule has 27 heavy (non-hydrogen) atoms. The molecule has 0 aliphatic carbocycles. The third-order valence-corrected chi connectivity index (χ3v) is 4.47. The normalized spacial score (nSPS) is 10.8. The summed E-state index contributed by atoms with van der Waals surface area (Å²) in [5, 5.41) is 0. The van der Waals surface area contributed by atoms with E-state index in [1.165, 1.54) is 24.5 Å². The van der Waals surface area contributed by atoms with E-state index in [0.29, 0.717) is 12.1 Å². The summed E-state index contributed by atoms with van der Waals surface area (Å²) in [6.07, 6.45) is 2.09. The topological polar surface area (TPSA) is 61.4 Å². The number of nitrogens with zero attached hydrogens (tertiary/aromatic N) is 1. The molecule has 2 heterocycles. The third-order valence-electron chi connectivity index (χ3n) is 4.47. The summed E-state index contributed by atoms with van der Waals surface area (Å²) in [6.45, 7) is 4.10. The van der Waals surface area contributed by atoms with E-state index in [0.717, 1.165) is 23.4 Å². The van der Waals surface area contributed by atoms with Crippen molar-refractivity contribution >= 4 is 11.8 Å². The fourth-order valence-electron chi connectivity index (χ4n) is 2.99. The maximum Gasteiger partial charge on any atom is 0.374 e. The van der Waals surface area contributed by atoms with Crippen LogP contribution in [0.5, 0.6) is 0 Å². The summed E-state index contributed by atoms with van der Waals surface area (Å²) >= 11 is 0. The van der Waals surface area contributed by atoms with E-state index in [9.17, 15) is 14.0 Å². The zero-order valence-electron chi connectivity index (χ0n) is 15.2. The van der Waals surface area contributed by atoms with Gasteiger partial charge in [-0.25, -0.2) is 9.18 Å². The second-order valence-electron chi connectivity index (χ2n) is 6.29. The Morgan fingerprint density at radius 3 is 2.56 bits per heavy atom. The monoisotopic (exact) mass is 369 g/mol. The maximum absolute atomic E-state index is 13.0. The van der Waals surface area contributed by atoms with Gasteiger partial charge in [-0.1, -0.05) is 12.1 Å². The van der Waals surface area contributed by atoms with E-state index in [1.54, 1.807) is 24.3 Å². The second kappa shape index (κ2) is 8.03. The molecule has 1 aromatic carbocycles. The Labute approximate surface area is 156 Å². The van der Waals surface area contributed by atoms with Crippen molar-refractivity contribution in [1.29, 1.82) is 0 Å². The van der Waals surface area contributed by atoms with Gasteiger partial charge in [0.15, 0.2) is 6.61 Å². The number of furan rings is 1. The number of ketones is 1. The van der Waals surface area contributed by atoms with Gasteiger partial charge in [0.05, 0.1) is 6.26 Å². The highest BCUT2D eigenvalue weighted by molar-refractivity contribution is 6.00. The highest BCUT2D eigenvalue weighted by Crippen LogP contribution is 2.17. The molecule has 2 aromatic heterocycles. The van der Waals surface area contributed by atoms with E-state index in [1.807, 2.05) is 18.4 Å². The molecule has 0 unspecified atom stereocenters. The molecule has 0 aliphatic rings. The van der Waals surface area contributed by atoms with E-state index >= 15 is 0 Å². The Hall–Kier alpha value is -3.15. The minimum absolute atomic E-state index is 0.0626. The lowest BCUT2D eigenvalue weighted by Gasteiger charge is -2.10. The number of carbonyl (C=O) groups is 2. The lowest BCUT2D eigenvalue weighted by molar-refractivity contribution is 0.0444. The number of Topliss-reactive ketones (excluding diaryl/α,β-unsaturated/α-hetero) is 1. The molecule has 0 atom stereocenters. The Bertz CT molecular complexity index is 939. The van der Waals surface area contributed by atoms with E-state index < -0.39 is 5.97 Å². The first-order valence-electron chi connectivity index (χ1n) is 8.60. The van der Waals surface area contributed by atoms with Crippen LogP contribution in [0.25, 0.3) is 0 Å². The van der Waals surface area contributed by atoms with Gasteiger partial charge in [0, 0.05) is 23.5 Å². The summed E-state index contributed by atoms with van der Waals surface area (Å²) in [4.78, 5) is 24.2. The second-order valence-corrected chi connectivity index (χ2v) is 6.29. The van der Waals surface area contributed by atoms with Gasteiger partial charge < -0.3 is 13.7 Å². The van der Waals surface area contributed by atoms with Gasteiger partial charge in [-0.3, -0.25) is 4.79 Å². The number of hydrogen-bond donors (Lipinski definition) is 0. The zero-order chi connectivity index (χ0) is 19.4. The molecular weight excluding hydrogens is 349 g/mol. The highest BCUT2D eigenvalue weighted by atomic mass is 19.1. The Morgan fingerprint density at radius 2 is 1.89 bits per heavy atom. The number of ether oxygens (including phenoxy) is 1. The van der Waals surface area contributed by atoms with Crippen LogP contribution in [0.4, 0.5) is 4.39 Å². The molecule has 0 N–H and O–H groups in total. The van der Waals surface area contributed by atoms with Crippen molar-refractivity contribution in [3.8, 4) is 0 Å². The molecule has 140 valence electrons. The molecule has 0 saturated carbocycles. The smallest absolute Gasteiger partial charge is 0.374 e.